The monoisotopic (exact) mass is 391 g/mol. The molecule has 0 aliphatic rings. The van der Waals surface area contributed by atoms with Crippen molar-refractivity contribution in [3.8, 4) is 17.1 Å². The Morgan fingerprint density at radius 2 is 2.17 bits per heavy atom. The minimum Gasteiger partial charge on any atom is -0.477 e. The average molecular weight is 391 g/mol. The number of ether oxygens (including phenoxy) is 1. The molecule has 2 N–H and O–H groups in total. The summed E-state index contributed by atoms with van der Waals surface area (Å²) in [6.45, 7) is 9.36. The van der Waals surface area contributed by atoms with Crippen molar-refractivity contribution in [1.82, 2.24) is 29.9 Å². The number of pyridine rings is 2. The maximum Gasteiger partial charge on any atom is 0.222 e. The van der Waals surface area contributed by atoms with Gasteiger partial charge in [0.05, 0.1) is 29.8 Å². The minimum atomic E-state index is 0.214. The van der Waals surface area contributed by atoms with Crippen molar-refractivity contribution < 1.29 is 4.74 Å². The second kappa shape index (κ2) is 7.90. The van der Waals surface area contributed by atoms with Crippen molar-refractivity contribution in [2.45, 2.75) is 40.3 Å². The van der Waals surface area contributed by atoms with E-state index in [1.54, 1.807) is 12.4 Å². The van der Waals surface area contributed by atoms with Crippen molar-refractivity contribution in [3.63, 3.8) is 0 Å². The van der Waals surface area contributed by atoms with Crippen molar-refractivity contribution in [3.05, 3.63) is 48.0 Å². The molecule has 0 spiro atoms. The van der Waals surface area contributed by atoms with Crippen LogP contribution in [0.1, 0.15) is 38.1 Å². The zero-order chi connectivity index (χ0) is 20.4. The molecule has 0 unspecified atom stereocenters. The predicted octanol–water partition coefficient (Wildman–Crippen LogP) is 4.12. The van der Waals surface area contributed by atoms with E-state index in [1.165, 1.54) is 0 Å². The van der Waals surface area contributed by atoms with Gasteiger partial charge in [-0.1, -0.05) is 0 Å². The summed E-state index contributed by atoms with van der Waals surface area (Å²) in [5.74, 6) is 1.36. The fraction of sp³-hybridized carbons (Fsp3) is 0.333. The molecule has 0 radical (unpaired) electrons. The van der Waals surface area contributed by atoms with Crippen LogP contribution in [0.25, 0.3) is 22.2 Å². The molecule has 0 saturated carbocycles. The van der Waals surface area contributed by atoms with Crippen LogP contribution < -0.4 is 10.1 Å². The molecule has 4 aromatic heterocycles. The molecule has 0 aliphatic heterocycles. The fourth-order valence-electron chi connectivity index (χ4n) is 3.34. The van der Waals surface area contributed by atoms with E-state index in [-0.39, 0.29) is 6.04 Å². The largest absolute Gasteiger partial charge is 0.477 e. The van der Waals surface area contributed by atoms with Crippen LogP contribution in [0.3, 0.4) is 0 Å². The first kappa shape index (κ1) is 18.9. The van der Waals surface area contributed by atoms with Gasteiger partial charge in [-0.3, -0.25) is 9.78 Å². The Bertz CT molecular complexity index is 1120. The minimum absolute atomic E-state index is 0.214. The highest BCUT2D eigenvalue weighted by molar-refractivity contribution is 5.94. The standard InChI is InChI=1S/C21H25N7O/c1-5-29-21-16(7-6-8-22-21)18-9-17-14(4)27-28(13(2)3)19(17)20(26-18)23-10-15-11-24-25-12-15/h6-9,11-13H,5,10H2,1-4H3,(H,23,26)(H,24,25). The van der Waals surface area contributed by atoms with Gasteiger partial charge in [0.25, 0.3) is 0 Å². The third-order valence-corrected chi connectivity index (χ3v) is 4.70. The SMILES string of the molecule is CCOc1ncccc1-c1cc2c(C)nn(C(C)C)c2c(NCc2cn[nH]c2)n1. The number of hydrogen-bond donors (Lipinski definition) is 2. The Hall–Kier alpha value is -3.42. The molecular formula is C21H25N7O. The van der Waals surface area contributed by atoms with Crippen LogP contribution in [-0.2, 0) is 6.54 Å². The third kappa shape index (κ3) is 3.65. The van der Waals surface area contributed by atoms with Gasteiger partial charge in [-0.25, -0.2) is 9.97 Å². The van der Waals surface area contributed by atoms with Gasteiger partial charge in [0.2, 0.25) is 5.88 Å². The summed E-state index contributed by atoms with van der Waals surface area (Å²) in [5, 5.41) is 16.1. The molecule has 0 bridgehead atoms. The summed E-state index contributed by atoms with van der Waals surface area (Å²) >= 11 is 0. The van der Waals surface area contributed by atoms with Crippen LogP contribution in [0.5, 0.6) is 5.88 Å². The van der Waals surface area contributed by atoms with E-state index in [0.29, 0.717) is 19.0 Å². The van der Waals surface area contributed by atoms with E-state index in [1.807, 2.05) is 36.9 Å². The lowest BCUT2D eigenvalue weighted by molar-refractivity contribution is 0.328. The molecule has 29 heavy (non-hydrogen) atoms. The summed E-state index contributed by atoms with van der Waals surface area (Å²) in [6, 6.07) is 6.16. The number of nitrogens with one attached hydrogen (secondary N) is 2. The molecule has 150 valence electrons. The van der Waals surface area contributed by atoms with Crippen LogP contribution in [0.15, 0.2) is 36.8 Å². The van der Waals surface area contributed by atoms with E-state index < -0.39 is 0 Å². The predicted molar refractivity (Wildman–Crippen MR) is 113 cm³/mol. The second-order valence-corrected chi connectivity index (χ2v) is 7.13. The molecule has 0 atom stereocenters. The van der Waals surface area contributed by atoms with Gasteiger partial charge in [-0.05, 0) is 45.9 Å². The molecule has 0 fully saturated rings. The van der Waals surface area contributed by atoms with Crippen molar-refractivity contribution in [2.75, 3.05) is 11.9 Å². The molecule has 0 aromatic carbocycles. The molecule has 8 heteroatoms. The number of fused-ring (bicyclic) bond motifs is 1. The summed E-state index contributed by atoms with van der Waals surface area (Å²) in [6.07, 6.45) is 5.40. The van der Waals surface area contributed by atoms with Crippen molar-refractivity contribution >= 4 is 16.7 Å². The van der Waals surface area contributed by atoms with Crippen LogP contribution in [0.2, 0.25) is 0 Å². The molecule has 0 amide bonds. The zero-order valence-corrected chi connectivity index (χ0v) is 17.1. The number of aromatic nitrogens is 6. The molecule has 0 saturated heterocycles. The maximum absolute atomic E-state index is 5.73. The molecule has 4 aromatic rings. The van der Waals surface area contributed by atoms with Gasteiger partial charge in [0.15, 0.2) is 5.82 Å². The van der Waals surface area contributed by atoms with Crippen LogP contribution >= 0.6 is 0 Å². The molecular weight excluding hydrogens is 366 g/mol. The first-order chi connectivity index (χ1) is 14.1. The average Bonchev–Trinajstić information content (AvgIpc) is 3.35. The quantitative estimate of drug-likeness (QED) is 0.492. The van der Waals surface area contributed by atoms with Gasteiger partial charge < -0.3 is 10.1 Å². The van der Waals surface area contributed by atoms with E-state index in [9.17, 15) is 0 Å². The Kier molecular flexibility index (Phi) is 5.16. The Morgan fingerprint density at radius 1 is 1.31 bits per heavy atom. The number of rotatable bonds is 7. The van der Waals surface area contributed by atoms with Gasteiger partial charge in [0.1, 0.15) is 5.52 Å². The van der Waals surface area contributed by atoms with Crippen LogP contribution in [-0.4, -0.2) is 36.6 Å². The summed E-state index contributed by atoms with van der Waals surface area (Å²) in [4.78, 5) is 9.33. The highest BCUT2D eigenvalue weighted by atomic mass is 16.5. The van der Waals surface area contributed by atoms with Gasteiger partial charge in [-0.2, -0.15) is 10.2 Å². The first-order valence-corrected chi connectivity index (χ1v) is 9.78. The van der Waals surface area contributed by atoms with Gasteiger partial charge in [-0.15, -0.1) is 0 Å². The van der Waals surface area contributed by atoms with Crippen molar-refractivity contribution in [1.29, 1.82) is 0 Å². The maximum atomic E-state index is 5.73. The number of aryl methyl sites for hydroxylation is 1. The van der Waals surface area contributed by atoms with Gasteiger partial charge >= 0.3 is 0 Å². The van der Waals surface area contributed by atoms with Gasteiger partial charge in [0, 0.05) is 35.9 Å². The topological polar surface area (TPSA) is 93.5 Å². The van der Waals surface area contributed by atoms with Crippen LogP contribution in [0, 0.1) is 6.92 Å². The number of nitrogens with zero attached hydrogens (tertiary/aromatic N) is 5. The Labute approximate surface area is 169 Å². The number of aromatic amines is 1. The normalized spacial score (nSPS) is 11.3. The highest BCUT2D eigenvalue weighted by Gasteiger charge is 2.19. The number of H-pyrrole nitrogens is 1. The smallest absolute Gasteiger partial charge is 0.222 e. The fourth-order valence-corrected chi connectivity index (χ4v) is 3.34. The zero-order valence-electron chi connectivity index (χ0n) is 17.1. The molecule has 0 aliphatic carbocycles. The lowest BCUT2D eigenvalue weighted by atomic mass is 10.1. The third-order valence-electron chi connectivity index (χ3n) is 4.70. The Morgan fingerprint density at radius 3 is 2.90 bits per heavy atom. The summed E-state index contributed by atoms with van der Waals surface area (Å²) in [5.41, 5.74) is 4.67. The number of anilines is 1. The molecule has 4 heterocycles. The highest BCUT2D eigenvalue weighted by Crippen LogP contribution is 2.34. The van der Waals surface area contributed by atoms with E-state index in [2.05, 4.69) is 40.4 Å². The van der Waals surface area contributed by atoms with Crippen molar-refractivity contribution in [2.24, 2.45) is 0 Å². The first-order valence-electron chi connectivity index (χ1n) is 9.78. The van der Waals surface area contributed by atoms with E-state index in [4.69, 9.17) is 14.8 Å². The lowest BCUT2D eigenvalue weighted by Gasteiger charge is -2.14. The van der Waals surface area contributed by atoms with Crippen LogP contribution in [0.4, 0.5) is 5.82 Å². The Balaban J connectivity index is 1.88. The molecule has 8 nitrogen and oxygen atoms in total. The second-order valence-electron chi connectivity index (χ2n) is 7.13. The summed E-state index contributed by atoms with van der Waals surface area (Å²) in [7, 11) is 0. The number of hydrogen-bond acceptors (Lipinski definition) is 6. The van der Waals surface area contributed by atoms with E-state index in [0.717, 1.165) is 39.2 Å². The molecule has 4 rings (SSSR count). The van der Waals surface area contributed by atoms with E-state index >= 15 is 0 Å². The lowest BCUT2D eigenvalue weighted by Crippen LogP contribution is -2.08. The summed E-state index contributed by atoms with van der Waals surface area (Å²) < 4.78 is 7.75.